The summed E-state index contributed by atoms with van der Waals surface area (Å²) in [7, 11) is 0. The Hall–Kier alpha value is -2.75. The molecule has 0 spiro atoms. The largest absolute Gasteiger partial charge is 0.409 e. The normalized spacial score (nSPS) is 10.6. The SMILES string of the molecule is Cc1cc(-c2nnc(SCC(=O)Nc3ncccn3)o2)no1. The van der Waals surface area contributed by atoms with E-state index in [0.29, 0.717) is 11.5 Å². The highest BCUT2D eigenvalue weighted by Crippen LogP contribution is 2.22. The Morgan fingerprint density at radius 2 is 2.14 bits per heavy atom. The molecule has 3 heterocycles. The molecule has 10 heteroatoms. The van der Waals surface area contributed by atoms with Crippen LogP contribution in [0.25, 0.3) is 11.6 Å². The van der Waals surface area contributed by atoms with Crippen LogP contribution in [0.5, 0.6) is 0 Å². The number of nitrogens with one attached hydrogen (secondary N) is 1. The Morgan fingerprint density at radius 3 is 2.86 bits per heavy atom. The summed E-state index contributed by atoms with van der Waals surface area (Å²) in [6.07, 6.45) is 3.08. The molecular formula is C12H10N6O3S. The van der Waals surface area contributed by atoms with Crippen molar-refractivity contribution >= 4 is 23.6 Å². The molecule has 0 aliphatic heterocycles. The number of hydrogen-bond acceptors (Lipinski definition) is 9. The molecule has 0 radical (unpaired) electrons. The van der Waals surface area contributed by atoms with Crippen molar-refractivity contribution in [2.45, 2.75) is 12.1 Å². The van der Waals surface area contributed by atoms with Crippen molar-refractivity contribution < 1.29 is 13.7 Å². The zero-order valence-electron chi connectivity index (χ0n) is 11.4. The molecule has 9 nitrogen and oxygen atoms in total. The highest BCUT2D eigenvalue weighted by atomic mass is 32.2. The average Bonchev–Trinajstić information content (AvgIpc) is 3.15. The first-order valence-electron chi connectivity index (χ1n) is 6.17. The lowest BCUT2D eigenvalue weighted by molar-refractivity contribution is -0.113. The van der Waals surface area contributed by atoms with Gasteiger partial charge in [-0.25, -0.2) is 9.97 Å². The van der Waals surface area contributed by atoms with Gasteiger partial charge in [-0.15, -0.1) is 10.2 Å². The maximum atomic E-state index is 11.7. The van der Waals surface area contributed by atoms with E-state index in [0.717, 1.165) is 11.8 Å². The van der Waals surface area contributed by atoms with E-state index >= 15 is 0 Å². The fourth-order valence-corrected chi connectivity index (χ4v) is 2.05. The van der Waals surface area contributed by atoms with Crippen molar-refractivity contribution in [1.29, 1.82) is 0 Å². The van der Waals surface area contributed by atoms with Crippen molar-refractivity contribution in [2.75, 3.05) is 11.1 Å². The summed E-state index contributed by atoms with van der Waals surface area (Å²) in [5.74, 6) is 0.957. The van der Waals surface area contributed by atoms with Crippen LogP contribution in [-0.2, 0) is 4.79 Å². The number of amides is 1. The number of thioether (sulfide) groups is 1. The van der Waals surface area contributed by atoms with Crippen molar-refractivity contribution in [3.05, 3.63) is 30.3 Å². The minimum absolute atomic E-state index is 0.0950. The molecule has 0 aromatic carbocycles. The number of nitrogens with zero attached hydrogens (tertiary/aromatic N) is 5. The minimum atomic E-state index is -0.270. The van der Waals surface area contributed by atoms with Crippen LogP contribution < -0.4 is 5.32 Å². The predicted octanol–water partition coefficient (Wildman–Crippen LogP) is 1.55. The molecule has 0 saturated carbocycles. The minimum Gasteiger partial charge on any atom is -0.409 e. The lowest BCUT2D eigenvalue weighted by Gasteiger charge is -2.00. The number of aryl methyl sites for hydroxylation is 1. The number of aromatic nitrogens is 5. The maximum absolute atomic E-state index is 11.7. The van der Waals surface area contributed by atoms with Crippen LogP contribution in [0.2, 0.25) is 0 Å². The maximum Gasteiger partial charge on any atom is 0.277 e. The topological polar surface area (TPSA) is 120 Å². The van der Waals surface area contributed by atoms with E-state index in [1.54, 1.807) is 31.5 Å². The van der Waals surface area contributed by atoms with E-state index in [9.17, 15) is 4.79 Å². The van der Waals surface area contributed by atoms with Crippen LogP contribution in [0.3, 0.4) is 0 Å². The van der Waals surface area contributed by atoms with Gasteiger partial charge in [0, 0.05) is 18.5 Å². The van der Waals surface area contributed by atoms with Crippen LogP contribution in [-0.4, -0.2) is 37.0 Å². The first-order chi connectivity index (χ1) is 10.7. The van der Waals surface area contributed by atoms with Crippen LogP contribution in [0, 0.1) is 6.92 Å². The predicted molar refractivity (Wildman–Crippen MR) is 75.9 cm³/mol. The molecule has 1 N–H and O–H groups in total. The van der Waals surface area contributed by atoms with Crippen LogP contribution >= 0.6 is 11.8 Å². The Balaban J connectivity index is 1.56. The van der Waals surface area contributed by atoms with Crippen molar-refractivity contribution in [1.82, 2.24) is 25.3 Å². The third-order valence-corrected chi connectivity index (χ3v) is 3.22. The second kappa shape index (κ2) is 6.35. The molecule has 3 aromatic heterocycles. The summed E-state index contributed by atoms with van der Waals surface area (Å²) in [6, 6.07) is 3.34. The van der Waals surface area contributed by atoms with Gasteiger partial charge in [-0.2, -0.15) is 0 Å². The van der Waals surface area contributed by atoms with E-state index in [4.69, 9.17) is 8.94 Å². The average molecular weight is 318 g/mol. The van der Waals surface area contributed by atoms with Gasteiger partial charge in [0.25, 0.3) is 11.1 Å². The zero-order chi connectivity index (χ0) is 15.4. The molecule has 0 unspecified atom stereocenters. The standard InChI is InChI=1S/C12H10N6O3S/c1-7-5-8(18-21-7)10-16-17-12(20-10)22-6-9(19)15-11-13-3-2-4-14-11/h2-5H,6H2,1H3,(H,13,14,15,19). The van der Waals surface area contributed by atoms with Gasteiger partial charge in [0.15, 0.2) is 5.69 Å². The molecule has 112 valence electrons. The summed E-state index contributed by atoms with van der Waals surface area (Å²) >= 11 is 1.10. The van der Waals surface area contributed by atoms with Crippen LogP contribution in [0.4, 0.5) is 5.95 Å². The van der Waals surface area contributed by atoms with Crippen LogP contribution in [0.15, 0.2) is 38.7 Å². The molecule has 0 fully saturated rings. The third kappa shape index (κ3) is 3.47. The third-order valence-electron chi connectivity index (χ3n) is 2.40. The molecule has 0 aliphatic carbocycles. The van der Waals surface area contributed by atoms with Gasteiger partial charge in [0.1, 0.15) is 5.76 Å². The Bertz CT molecular complexity index is 772. The molecule has 1 amide bonds. The molecule has 3 aromatic rings. The number of hydrogen-bond donors (Lipinski definition) is 1. The van der Waals surface area contributed by atoms with E-state index in [2.05, 4.69) is 30.6 Å². The molecule has 0 aliphatic rings. The van der Waals surface area contributed by atoms with Gasteiger partial charge in [-0.1, -0.05) is 16.9 Å². The number of carbonyl (C=O) groups is 1. The van der Waals surface area contributed by atoms with Gasteiger partial charge in [-0.3, -0.25) is 10.1 Å². The summed E-state index contributed by atoms with van der Waals surface area (Å²) < 4.78 is 10.3. The summed E-state index contributed by atoms with van der Waals surface area (Å²) in [5.41, 5.74) is 0.457. The molecule has 22 heavy (non-hydrogen) atoms. The smallest absolute Gasteiger partial charge is 0.277 e. The zero-order valence-corrected chi connectivity index (χ0v) is 12.2. The Labute approximate surface area is 128 Å². The Kier molecular flexibility index (Phi) is 4.10. The first kappa shape index (κ1) is 14.2. The van der Waals surface area contributed by atoms with Crippen molar-refractivity contribution in [2.24, 2.45) is 0 Å². The molecule has 0 bridgehead atoms. The quantitative estimate of drug-likeness (QED) is 0.698. The second-order valence-corrected chi connectivity index (χ2v) is 5.03. The fraction of sp³-hybridized carbons (Fsp3) is 0.167. The van der Waals surface area contributed by atoms with E-state index < -0.39 is 0 Å². The lowest BCUT2D eigenvalue weighted by Crippen LogP contribution is -2.15. The summed E-state index contributed by atoms with van der Waals surface area (Å²) in [6.45, 7) is 1.76. The lowest BCUT2D eigenvalue weighted by atomic mass is 10.4. The first-order valence-corrected chi connectivity index (χ1v) is 7.16. The van der Waals surface area contributed by atoms with E-state index in [-0.39, 0.29) is 28.7 Å². The van der Waals surface area contributed by atoms with Gasteiger partial charge in [0.05, 0.1) is 5.75 Å². The monoisotopic (exact) mass is 318 g/mol. The van der Waals surface area contributed by atoms with Gasteiger partial charge in [-0.05, 0) is 13.0 Å². The molecular weight excluding hydrogens is 308 g/mol. The number of anilines is 1. The number of rotatable bonds is 5. The second-order valence-electron chi connectivity index (χ2n) is 4.11. The van der Waals surface area contributed by atoms with Gasteiger partial charge >= 0.3 is 0 Å². The highest BCUT2D eigenvalue weighted by Gasteiger charge is 2.14. The fourth-order valence-electron chi connectivity index (χ4n) is 1.49. The van der Waals surface area contributed by atoms with Crippen LogP contribution in [0.1, 0.15) is 5.76 Å². The highest BCUT2D eigenvalue weighted by molar-refractivity contribution is 7.99. The van der Waals surface area contributed by atoms with E-state index in [1.807, 2.05) is 0 Å². The van der Waals surface area contributed by atoms with Gasteiger partial charge in [0.2, 0.25) is 11.9 Å². The molecule has 0 atom stereocenters. The van der Waals surface area contributed by atoms with E-state index in [1.165, 1.54) is 0 Å². The Morgan fingerprint density at radius 1 is 1.32 bits per heavy atom. The number of carbonyl (C=O) groups excluding carboxylic acids is 1. The van der Waals surface area contributed by atoms with Gasteiger partial charge < -0.3 is 8.94 Å². The molecule has 3 rings (SSSR count). The molecule has 0 saturated heterocycles. The van der Waals surface area contributed by atoms with Crippen molar-refractivity contribution in [3.63, 3.8) is 0 Å². The van der Waals surface area contributed by atoms with Crippen molar-refractivity contribution in [3.8, 4) is 11.6 Å². The summed E-state index contributed by atoms with van der Waals surface area (Å²) in [4.78, 5) is 19.5. The summed E-state index contributed by atoms with van der Waals surface area (Å²) in [5, 5.41) is 14.3.